The largest absolute Gasteiger partial charge is 0.338 e. The van der Waals surface area contributed by atoms with Crippen molar-refractivity contribution in [2.24, 2.45) is 0 Å². The van der Waals surface area contributed by atoms with Crippen LogP contribution >= 0.6 is 11.8 Å². The van der Waals surface area contributed by atoms with Gasteiger partial charge in [0, 0.05) is 50.8 Å². The summed E-state index contributed by atoms with van der Waals surface area (Å²) in [6.45, 7) is 2.69. The zero-order valence-corrected chi connectivity index (χ0v) is 13.2. The van der Waals surface area contributed by atoms with E-state index in [4.69, 9.17) is 0 Å². The van der Waals surface area contributed by atoms with Crippen LogP contribution in [-0.4, -0.2) is 62.7 Å². The number of rotatable bonds is 4. The molecule has 1 aliphatic heterocycles. The minimum absolute atomic E-state index is 0.0372. The number of thioether (sulfide) groups is 1. The number of carbonyl (C=O) groups is 1. The van der Waals surface area contributed by atoms with Gasteiger partial charge in [0.1, 0.15) is 0 Å². The molecule has 0 saturated carbocycles. The van der Waals surface area contributed by atoms with Crippen LogP contribution in [0.3, 0.4) is 0 Å². The third-order valence-electron chi connectivity index (χ3n) is 3.45. The van der Waals surface area contributed by atoms with Crippen molar-refractivity contribution in [3.8, 4) is 0 Å². The Bertz CT molecular complexity index is 714. The van der Waals surface area contributed by atoms with Crippen LogP contribution in [0.25, 0.3) is 0 Å². The van der Waals surface area contributed by atoms with Gasteiger partial charge >= 0.3 is 0 Å². The van der Waals surface area contributed by atoms with Gasteiger partial charge in [-0.25, -0.2) is 15.0 Å². The SMILES string of the molecule is O=C(CSc1nccc(=O)[nH]1)N1CCN(c2ncccn2)CC1. The number of anilines is 1. The number of hydrogen-bond acceptors (Lipinski definition) is 7. The number of aromatic nitrogens is 4. The first-order chi connectivity index (χ1) is 11.2. The standard InChI is InChI=1S/C14H16N6O2S/c21-11-2-5-17-14(18-11)23-10-12(22)19-6-8-20(9-7-19)13-15-3-1-4-16-13/h1-5H,6-10H2,(H,17,18,21). The number of amides is 1. The van der Waals surface area contributed by atoms with Crippen molar-refractivity contribution in [2.75, 3.05) is 36.8 Å². The van der Waals surface area contributed by atoms with Crippen molar-refractivity contribution >= 4 is 23.6 Å². The lowest BCUT2D eigenvalue weighted by Gasteiger charge is -2.34. The summed E-state index contributed by atoms with van der Waals surface area (Å²) >= 11 is 1.24. The summed E-state index contributed by atoms with van der Waals surface area (Å²) in [5.74, 6) is 0.990. The van der Waals surface area contributed by atoms with Crippen LogP contribution in [0.2, 0.25) is 0 Å². The minimum atomic E-state index is -0.216. The Morgan fingerprint density at radius 2 is 1.87 bits per heavy atom. The van der Waals surface area contributed by atoms with E-state index < -0.39 is 0 Å². The predicted molar refractivity (Wildman–Crippen MR) is 86.4 cm³/mol. The molecule has 2 aromatic heterocycles. The molecule has 0 atom stereocenters. The quantitative estimate of drug-likeness (QED) is 0.622. The van der Waals surface area contributed by atoms with Crippen LogP contribution in [0.15, 0.2) is 40.7 Å². The summed E-state index contributed by atoms with van der Waals surface area (Å²) in [6.07, 6.45) is 4.86. The lowest BCUT2D eigenvalue weighted by atomic mass is 10.3. The minimum Gasteiger partial charge on any atom is -0.338 e. The first kappa shape index (κ1) is 15.5. The van der Waals surface area contributed by atoms with Gasteiger partial charge in [-0.2, -0.15) is 0 Å². The van der Waals surface area contributed by atoms with Crippen LogP contribution in [0, 0.1) is 0 Å². The van der Waals surface area contributed by atoms with Gasteiger partial charge in [-0.15, -0.1) is 0 Å². The second-order valence-corrected chi connectivity index (χ2v) is 5.91. The molecule has 1 aliphatic rings. The van der Waals surface area contributed by atoms with E-state index in [1.54, 1.807) is 18.5 Å². The third-order valence-corrected chi connectivity index (χ3v) is 4.32. The highest BCUT2D eigenvalue weighted by Gasteiger charge is 2.22. The second kappa shape index (κ2) is 7.23. The van der Waals surface area contributed by atoms with E-state index >= 15 is 0 Å². The lowest BCUT2D eigenvalue weighted by molar-refractivity contribution is -0.128. The smallest absolute Gasteiger partial charge is 0.251 e. The van der Waals surface area contributed by atoms with Gasteiger partial charge in [0.2, 0.25) is 11.9 Å². The third kappa shape index (κ3) is 4.07. The summed E-state index contributed by atoms with van der Waals surface area (Å²) in [4.78, 5) is 42.4. The van der Waals surface area contributed by atoms with E-state index in [2.05, 4.69) is 24.8 Å². The van der Waals surface area contributed by atoms with Gasteiger partial charge in [-0.1, -0.05) is 11.8 Å². The summed E-state index contributed by atoms with van der Waals surface area (Å²) in [5.41, 5.74) is -0.216. The predicted octanol–water partition coefficient (Wildman–Crippen LogP) is 0.000800. The van der Waals surface area contributed by atoms with Crippen LogP contribution in [0.1, 0.15) is 0 Å². The topological polar surface area (TPSA) is 95.1 Å². The van der Waals surface area contributed by atoms with Crippen LogP contribution < -0.4 is 10.5 Å². The number of nitrogens with zero attached hydrogens (tertiary/aromatic N) is 5. The summed E-state index contributed by atoms with van der Waals surface area (Å²) < 4.78 is 0. The maximum Gasteiger partial charge on any atom is 0.251 e. The van der Waals surface area contributed by atoms with E-state index in [1.807, 2.05) is 4.90 Å². The van der Waals surface area contributed by atoms with E-state index in [-0.39, 0.29) is 17.2 Å². The highest BCUT2D eigenvalue weighted by molar-refractivity contribution is 7.99. The van der Waals surface area contributed by atoms with E-state index in [0.29, 0.717) is 37.3 Å². The first-order valence-corrected chi connectivity index (χ1v) is 8.19. The summed E-state index contributed by atoms with van der Waals surface area (Å²) in [7, 11) is 0. The van der Waals surface area contributed by atoms with E-state index in [1.165, 1.54) is 24.0 Å². The van der Waals surface area contributed by atoms with Gasteiger partial charge in [0.05, 0.1) is 5.75 Å². The van der Waals surface area contributed by atoms with Gasteiger partial charge < -0.3 is 14.8 Å². The zero-order chi connectivity index (χ0) is 16.1. The molecule has 0 unspecified atom stereocenters. The number of hydrogen-bond donors (Lipinski definition) is 1. The molecule has 120 valence electrons. The number of H-pyrrole nitrogens is 1. The molecular weight excluding hydrogens is 316 g/mol. The first-order valence-electron chi connectivity index (χ1n) is 7.20. The van der Waals surface area contributed by atoms with Crippen molar-refractivity contribution in [1.29, 1.82) is 0 Å². The molecule has 3 heterocycles. The van der Waals surface area contributed by atoms with Crippen molar-refractivity contribution in [2.45, 2.75) is 5.16 Å². The normalized spacial score (nSPS) is 14.8. The number of aromatic amines is 1. The van der Waals surface area contributed by atoms with Crippen LogP contribution in [-0.2, 0) is 4.79 Å². The molecule has 0 spiro atoms. The molecular formula is C14H16N6O2S. The van der Waals surface area contributed by atoms with Crippen molar-refractivity contribution in [3.05, 3.63) is 41.1 Å². The second-order valence-electron chi connectivity index (χ2n) is 4.94. The Kier molecular flexibility index (Phi) is 4.86. The molecule has 1 fully saturated rings. The monoisotopic (exact) mass is 332 g/mol. The maximum atomic E-state index is 12.2. The number of nitrogens with one attached hydrogen (secondary N) is 1. The van der Waals surface area contributed by atoms with Gasteiger partial charge in [0.25, 0.3) is 5.56 Å². The highest BCUT2D eigenvalue weighted by atomic mass is 32.2. The molecule has 1 amide bonds. The molecule has 9 heteroatoms. The maximum absolute atomic E-state index is 12.2. The molecule has 0 radical (unpaired) electrons. The zero-order valence-electron chi connectivity index (χ0n) is 12.4. The molecule has 1 N–H and O–H groups in total. The van der Waals surface area contributed by atoms with Crippen LogP contribution in [0.5, 0.6) is 0 Å². The van der Waals surface area contributed by atoms with Gasteiger partial charge in [-0.3, -0.25) is 9.59 Å². The Balaban J connectivity index is 1.49. The number of carbonyl (C=O) groups excluding carboxylic acids is 1. The Morgan fingerprint density at radius 3 is 2.57 bits per heavy atom. The summed E-state index contributed by atoms with van der Waals surface area (Å²) in [5, 5.41) is 0.460. The highest BCUT2D eigenvalue weighted by Crippen LogP contribution is 2.14. The molecule has 23 heavy (non-hydrogen) atoms. The van der Waals surface area contributed by atoms with E-state index in [9.17, 15) is 9.59 Å². The molecule has 0 bridgehead atoms. The molecule has 1 saturated heterocycles. The fourth-order valence-electron chi connectivity index (χ4n) is 2.26. The number of piperazine rings is 1. The summed E-state index contributed by atoms with van der Waals surface area (Å²) in [6, 6.07) is 3.12. The average Bonchev–Trinajstić information content (AvgIpc) is 2.61. The Hall–Kier alpha value is -2.42. The molecule has 8 nitrogen and oxygen atoms in total. The Labute approximate surface area is 137 Å². The lowest BCUT2D eigenvalue weighted by Crippen LogP contribution is -2.49. The Morgan fingerprint density at radius 1 is 1.13 bits per heavy atom. The fraction of sp³-hybridized carbons (Fsp3) is 0.357. The van der Waals surface area contributed by atoms with Crippen molar-refractivity contribution < 1.29 is 4.79 Å². The van der Waals surface area contributed by atoms with Crippen molar-refractivity contribution in [1.82, 2.24) is 24.8 Å². The molecule has 2 aromatic rings. The van der Waals surface area contributed by atoms with Crippen LogP contribution in [0.4, 0.5) is 5.95 Å². The van der Waals surface area contributed by atoms with E-state index in [0.717, 1.165) is 0 Å². The molecule has 3 rings (SSSR count). The van der Waals surface area contributed by atoms with Crippen molar-refractivity contribution in [3.63, 3.8) is 0 Å². The van der Waals surface area contributed by atoms with Gasteiger partial charge in [0.15, 0.2) is 5.16 Å². The molecule has 0 aliphatic carbocycles. The molecule has 0 aromatic carbocycles. The van der Waals surface area contributed by atoms with Gasteiger partial charge in [-0.05, 0) is 6.07 Å². The average molecular weight is 332 g/mol. The fourth-order valence-corrected chi connectivity index (χ4v) is 3.01.